The van der Waals surface area contributed by atoms with Crippen LogP contribution in [0.5, 0.6) is 17.4 Å². The van der Waals surface area contributed by atoms with E-state index >= 15 is 0 Å². The van der Waals surface area contributed by atoms with Gasteiger partial charge in [0.15, 0.2) is 11.5 Å². The lowest BCUT2D eigenvalue weighted by molar-refractivity contribution is -0.128. The molecule has 2 fully saturated rings. The molecule has 204 valence electrons. The molecule has 1 aromatic carbocycles. The Bertz CT molecular complexity index is 1150. The summed E-state index contributed by atoms with van der Waals surface area (Å²) in [6.45, 7) is 1.86. The number of benzene rings is 1. The maximum absolute atomic E-state index is 12.6. The number of hydrogen-bond acceptors (Lipinski definition) is 8. The summed E-state index contributed by atoms with van der Waals surface area (Å²) in [6.07, 6.45) is 3.63. The molecule has 5 N–H and O–H groups in total. The molecule has 38 heavy (non-hydrogen) atoms. The van der Waals surface area contributed by atoms with Crippen molar-refractivity contribution >= 4 is 17.6 Å². The van der Waals surface area contributed by atoms with Crippen LogP contribution in [0, 0.1) is 5.92 Å². The van der Waals surface area contributed by atoms with Gasteiger partial charge in [0.1, 0.15) is 12.7 Å². The van der Waals surface area contributed by atoms with Crippen molar-refractivity contribution in [2.45, 2.75) is 50.3 Å². The number of nitrogens with zero attached hydrogens (tertiary/aromatic N) is 1. The number of carbonyl (C=O) groups is 2. The van der Waals surface area contributed by atoms with E-state index in [1.165, 1.54) is 7.11 Å². The van der Waals surface area contributed by atoms with E-state index < -0.39 is 0 Å². The monoisotopic (exact) mass is 525 g/mol. The maximum Gasteiger partial charge on any atom is 0.319 e. The number of pyridine rings is 1. The number of urea groups is 1. The molecule has 3 atom stereocenters. The fourth-order valence-corrected chi connectivity index (χ4v) is 5.08. The Morgan fingerprint density at radius 3 is 2.76 bits per heavy atom. The van der Waals surface area contributed by atoms with Crippen molar-refractivity contribution in [1.29, 1.82) is 0 Å². The number of anilines is 1. The lowest BCUT2D eigenvalue weighted by Crippen LogP contribution is -2.43. The number of hydrogen-bond donors (Lipinski definition) is 4. The molecule has 3 aliphatic rings. The molecule has 1 saturated heterocycles. The average molecular weight is 526 g/mol. The van der Waals surface area contributed by atoms with Crippen LogP contribution in [0.1, 0.15) is 32.1 Å². The maximum atomic E-state index is 12.6. The van der Waals surface area contributed by atoms with E-state index in [4.69, 9.17) is 24.7 Å². The van der Waals surface area contributed by atoms with Crippen LogP contribution in [-0.2, 0) is 9.53 Å². The highest BCUT2D eigenvalue weighted by Crippen LogP contribution is 2.41. The Labute approximate surface area is 221 Å². The third-order valence-electron chi connectivity index (χ3n) is 7.14. The van der Waals surface area contributed by atoms with Gasteiger partial charge < -0.3 is 40.6 Å². The van der Waals surface area contributed by atoms with E-state index in [0.717, 1.165) is 32.1 Å². The second kappa shape index (κ2) is 11.9. The number of fused-ring (bicyclic) bond motifs is 1. The molecule has 0 radical (unpaired) electrons. The predicted molar refractivity (Wildman–Crippen MR) is 140 cm³/mol. The SMILES string of the molecule is COc1cc(NC(=O)N[C@@H]2CC[C@H](N)C2)cc(-c2cccc3c2OC(CNC(=O)C2CCOCC2)CO3)n1. The van der Waals surface area contributed by atoms with Crippen molar-refractivity contribution in [2.24, 2.45) is 11.7 Å². The zero-order chi connectivity index (χ0) is 26.5. The molecule has 1 saturated carbocycles. The minimum atomic E-state index is -0.362. The number of carbonyl (C=O) groups excluding carboxylic acids is 2. The minimum absolute atomic E-state index is 0.0130. The Morgan fingerprint density at radius 1 is 1.16 bits per heavy atom. The molecule has 0 bridgehead atoms. The fourth-order valence-electron chi connectivity index (χ4n) is 5.08. The van der Waals surface area contributed by atoms with Crippen molar-refractivity contribution in [3.63, 3.8) is 0 Å². The second-order valence-electron chi connectivity index (χ2n) is 9.97. The van der Waals surface area contributed by atoms with E-state index in [1.807, 2.05) is 18.2 Å². The van der Waals surface area contributed by atoms with Crippen LogP contribution in [0.15, 0.2) is 30.3 Å². The van der Waals surface area contributed by atoms with Crippen LogP contribution in [0.4, 0.5) is 10.5 Å². The normalized spacial score (nSPS) is 22.9. The number of amides is 3. The van der Waals surface area contributed by atoms with Gasteiger partial charge >= 0.3 is 6.03 Å². The first-order chi connectivity index (χ1) is 18.5. The van der Waals surface area contributed by atoms with Crippen LogP contribution in [-0.4, -0.2) is 68.6 Å². The Morgan fingerprint density at radius 2 is 2.00 bits per heavy atom. The summed E-state index contributed by atoms with van der Waals surface area (Å²) in [5.41, 5.74) is 7.73. The number of aromatic nitrogens is 1. The smallest absolute Gasteiger partial charge is 0.319 e. The first-order valence-corrected chi connectivity index (χ1v) is 13.2. The van der Waals surface area contributed by atoms with Gasteiger partial charge in [-0.15, -0.1) is 0 Å². The van der Waals surface area contributed by atoms with Gasteiger partial charge in [0.25, 0.3) is 0 Å². The highest BCUT2D eigenvalue weighted by atomic mass is 16.6. The van der Waals surface area contributed by atoms with Gasteiger partial charge in [0.05, 0.1) is 19.3 Å². The van der Waals surface area contributed by atoms with Gasteiger partial charge in [-0.25, -0.2) is 9.78 Å². The lowest BCUT2D eigenvalue weighted by Gasteiger charge is -2.29. The topological polar surface area (TPSA) is 146 Å². The van der Waals surface area contributed by atoms with E-state index in [1.54, 1.807) is 12.1 Å². The van der Waals surface area contributed by atoms with Crippen LogP contribution in [0.3, 0.4) is 0 Å². The zero-order valence-electron chi connectivity index (χ0n) is 21.5. The van der Waals surface area contributed by atoms with Crippen LogP contribution in [0.25, 0.3) is 11.3 Å². The number of ether oxygens (including phenoxy) is 4. The molecule has 3 heterocycles. The largest absolute Gasteiger partial charge is 0.486 e. The molecule has 3 amide bonds. The Kier molecular flexibility index (Phi) is 8.14. The summed E-state index contributed by atoms with van der Waals surface area (Å²) in [5, 5.41) is 8.86. The molecule has 0 spiro atoms. The van der Waals surface area contributed by atoms with Gasteiger partial charge in [-0.2, -0.15) is 0 Å². The first-order valence-electron chi connectivity index (χ1n) is 13.2. The van der Waals surface area contributed by atoms with Gasteiger partial charge in [-0.1, -0.05) is 6.07 Å². The third-order valence-corrected chi connectivity index (χ3v) is 7.14. The van der Waals surface area contributed by atoms with Crippen LogP contribution < -0.4 is 35.9 Å². The molecule has 2 aromatic rings. The van der Waals surface area contributed by atoms with Gasteiger partial charge in [0, 0.05) is 48.5 Å². The molecule has 1 unspecified atom stereocenters. The van der Waals surface area contributed by atoms with Crippen molar-refractivity contribution in [3.05, 3.63) is 30.3 Å². The van der Waals surface area contributed by atoms with Crippen molar-refractivity contribution in [2.75, 3.05) is 38.8 Å². The van der Waals surface area contributed by atoms with Crippen molar-refractivity contribution < 1.29 is 28.5 Å². The second-order valence-corrected chi connectivity index (χ2v) is 9.97. The Hall–Kier alpha value is -3.57. The van der Waals surface area contributed by atoms with E-state index in [2.05, 4.69) is 20.9 Å². The zero-order valence-corrected chi connectivity index (χ0v) is 21.5. The Balaban J connectivity index is 1.29. The summed E-state index contributed by atoms with van der Waals surface area (Å²) in [7, 11) is 1.52. The summed E-state index contributed by atoms with van der Waals surface area (Å²) in [6, 6.07) is 8.85. The number of rotatable bonds is 7. The standard InChI is InChI=1S/C27H35N5O6/c1-35-24-13-19(31-27(34)30-18-6-5-17(28)11-18)12-22(32-24)21-3-2-4-23-25(21)38-20(15-37-23)14-29-26(33)16-7-9-36-10-8-16/h2-4,12-13,16-18,20H,5-11,14-15,28H2,1H3,(H,29,33)(H2,30,31,32,34)/t17-,18+,20?/m0/s1. The van der Waals surface area contributed by atoms with Gasteiger partial charge in [-0.3, -0.25) is 4.79 Å². The van der Waals surface area contributed by atoms with E-state index in [-0.39, 0.29) is 36.0 Å². The molecule has 11 heteroatoms. The summed E-state index contributed by atoms with van der Waals surface area (Å²) in [5.74, 6) is 1.43. The summed E-state index contributed by atoms with van der Waals surface area (Å²) >= 11 is 0. The third kappa shape index (κ3) is 6.28. The number of nitrogens with two attached hydrogens (primary N) is 1. The van der Waals surface area contributed by atoms with Gasteiger partial charge in [-0.05, 0) is 50.3 Å². The fraction of sp³-hybridized carbons (Fsp3) is 0.519. The van der Waals surface area contributed by atoms with E-state index in [9.17, 15) is 9.59 Å². The van der Waals surface area contributed by atoms with Crippen LogP contribution >= 0.6 is 0 Å². The molecule has 5 rings (SSSR count). The first kappa shape index (κ1) is 26.1. The van der Waals surface area contributed by atoms with Crippen LogP contribution in [0.2, 0.25) is 0 Å². The average Bonchev–Trinajstić information content (AvgIpc) is 3.35. The highest BCUT2D eigenvalue weighted by Gasteiger charge is 2.28. The number of methoxy groups -OCH3 is 1. The molecular formula is C27H35N5O6. The number of nitrogens with one attached hydrogen (secondary N) is 3. The van der Waals surface area contributed by atoms with Crippen molar-refractivity contribution in [1.82, 2.24) is 15.6 Å². The molecule has 1 aromatic heterocycles. The summed E-state index contributed by atoms with van der Waals surface area (Å²) < 4.78 is 23.0. The molecule has 2 aliphatic heterocycles. The van der Waals surface area contributed by atoms with Gasteiger partial charge in [0.2, 0.25) is 11.8 Å². The number of para-hydroxylation sites is 1. The minimum Gasteiger partial charge on any atom is -0.486 e. The predicted octanol–water partition coefficient (Wildman–Crippen LogP) is 2.44. The molecule has 1 aliphatic carbocycles. The highest BCUT2D eigenvalue weighted by molar-refractivity contribution is 5.90. The summed E-state index contributed by atoms with van der Waals surface area (Å²) in [4.78, 5) is 29.8. The van der Waals surface area contributed by atoms with E-state index in [0.29, 0.717) is 60.7 Å². The quantitative estimate of drug-likeness (QED) is 0.431. The van der Waals surface area contributed by atoms with Crippen molar-refractivity contribution in [3.8, 4) is 28.6 Å². The lowest BCUT2D eigenvalue weighted by atomic mass is 9.99. The molecular weight excluding hydrogens is 490 g/mol. The molecule has 11 nitrogen and oxygen atoms in total.